The molecule has 0 unspecified atom stereocenters. The standard InChI is InChI=1S/C13H17NO4/c1-17-12-9-10(5-6-11(12)15)3-2-4-13(16)18-8-7-14/h2,4-6,9,15H,3,7-8,14H2,1H3/b4-2+. The SMILES string of the molecule is COc1cc(C/C=C/C(=O)OCCN)ccc1O. The summed E-state index contributed by atoms with van der Waals surface area (Å²) in [5.74, 6) is 0.0883. The third-order valence-corrected chi connectivity index (χ3v) is 2.21. The number of nitrogens with two attached hydrogens (primary N) is 1. The van der Waals surface area contributed by atoms with Gasteiger partial charge < -0.3 is 20.3 Å². The molecule has 3 N–H and O–H groups in total. The quantitative estimate of drug-likeness (QED) is 0.582. The maximum atomic E-state index is 11.1. The molecule has 5 nitrogen and oxygen atoms in total. The number of phenolic OH excluding ortho intramolecular Hbond substituents is 1. The topological polar surface area (TPSA) is 81.8 Å². The molecule has 0 saturated carbocycles. The number of esters is 1. The Morgan fingerprint density at radius 2 is 2.28 bits per heavy atom. The Bertz CT molecular complexity index is 429. The van der Waals surface area contributed by atoms with Gasteiger partial charge in [-0.15, -0.1) is 0 Å². The lowest BCUT2D eigenvalue weighted by molar-refractivity contribution is -0.137. The summed E-state index contributed by atoms with van der Waals surface area (Å²) < 4.78 is 9.76. The molecule has 1 aromatic carbocycles. The van der Waals surface area contributed by atoms with Crippen LogP contribution in [0.1, 0.15) is 5.56 Å². The lowest BCUT2D eigenvalue weighted by Gasteiger charge is -2.04. The molecule has 1 aromatic rings. The molecular formula is C13H17NO4. The summed E-state index contributed by atoms with van der Waals surface area (Å²) in [6.45, 7) is 0.533. The first-order chi connectivity index (χ1) is 8.67. The van der Waals surface area contributed by atoms with Gasteiger partial charge in [-0.3, -0.25) is 0 Å². The molecule has 18 heavy (non-hydrogen) atoms. The van der Waals surface area contributed by atoms with E-state index in [4.69, 9.17) is 15.2 Å². The summed E-state index contributed by atoms with van der Waals surface area (Å²) in [4.78, 5) is 11.1. The number of hydrogen-bond acceptors (Lipinski definition) is 5. The van der Waals surface area contributed by atoms with Gasteiger partial charge in [-0.05, 0) is 24.1 Å². The molecule has 0 fully saturated rings. The Labute approximate surface area is 106 Å². The highest BCUT2D eigenvalue weighted by molar-refractivity contribution is 5.81. The maximum Gasteiger partial charge on any atom is 0.330 e. The summed E-state index contributed by atoms with van der Waals surface area (Å²) in [6, 6.07) is 5.02. The Morgan fingerprint density at radius 1 is 1.50 bits per heavy atom. The van der Waals surface area contributed by atoms with Crippen LogP contribution in [-0.2, 0) is 16.0 Å². The van der Waals surface area contributed by atoms with Gasteiger partial charge in [0.05, 0.1) is 7.11 Å². The van der Waals surface area contributed by atoms with E-state index in [0.29, 0.717) is 18.7 Å². The number of aromatic hydroxyl groups is 1. The molecule has 0 aliphatic rings. The molecule has 0 amide bonds. The van der Waals surface area contributed by atoms with E-state index in [1.807, 2.05) is 0 Å². The van der Waals surface area contributed by atoms with E-state index in [1.54, 1.807) is 24.3 Å². The summed E-state index contributed by atoms with van der Waals surface area (Å²) in [5, 5.41) is 9.42. The van der Waals surface area contributed by atoms with Gasteiger partial charge in [-0.1, -0.05) is 12.1 Å². The van der Waals surface area contributed by atoms with Crippen LogP contribution in [0.4, 0.5) is 0 Å². The molecule has 0 atom stereocenters. The molecule has 0 aliphatic heterocycles. The molecule has 0 aromatic heterocycles. The van der Waals surface area contributed by atoms with Crippen molar-refractivity contribution in [2.24, 2.45) is 5.73 Å². The highest BCUT2D eigenvalue weighted by atomic mass is 16.5. The number of hydrogen-bond donors (Lipinski definition) is 2. The monoisotopic (exact) mass is 251 g/mol. The Balaban J connectivity index is 2.53. The van der Waals surface area contributed by atoms with Gasteiger partial charge in [-0.2, -0.15) is 0 Å². The molecule has 0 saturated heterocycles. The molecule has 98 valence electrons. The van der Waals surface area contributed by atoms with Crippen molar-refractivity contribution in [3.05, 3.63) is 35.9 Å². The minimum Gasteiger partial charge on any atom is -0.504 e. The van der Waals surface area contributed by atoms with Crippen LogP contribution in [-0.4, -0.2) is 31.3 Å². The Kier molecular flexibility index (Phi) is 5.73. The molecule has 0 heterocycles. The number of phenols is 1. The summed E-state index contributed by atoms with van der Waals surface area (Å²) in [7, 11) is 1.48. The van der Waals surface area contributed by atoms with E-state index in [2.05, 4.69) is 0 Å². The largest absolute Gasteiger partial charge is 0.504 e. The third kappa shape index (κ3) is 4.47. The molecule has 0 bridgehead atoms. The first-order valence-corrected chi connectivity index (χ1v) is 5.56. The summed E-state index contributed by atoms with van der Waals surface area (Å²) in [6.07, 6.45) is 3.59. The van der Waals surface area contributed by atoms with Crippen LogP contribution in [0.5, 0.6) is 11.5 Å². The number of carbonyl (C=O) groups is 1. The van der Waals surface area contributed by atoms with Crippen molar-refractivity contribution in [2.75, 3.05) is 20.3 Å². The van der Waals surface area contributed by atoms with Crippen molar-refractivity contribution in [2.45, 2.75) is 6.42 Å². The minimum absolute atomic E-state index is 0.0904. The second-order valence-corrected chi connectivity index (χ2v) is 3.57. The number of ether oxygens (including phenoxy) is 2. The molecule has 0 spiro atoms. The second kappa shape index (κ2) is 7.34. The van der Waals surface area contributed by atoms with Crippen molar-refractivity contribution in [3.8, 4) is 11.5 Å². The van der Waals surface area contributed by atoms with Gasteiger partial charge in [0.25, 0.3) is 0 Å². The van der Waals surface area contributed by atoms with Gasteiger partial charge in [0, 0.05) is 12.6 Å². The second-order valence-electron chi connectivity index (χ2n) is 3.57. The first kappa shape index (κ1) is 14.1. The van der Waals surface area contributed by atoms with Crippen molar-refractivity contribution in [1.29, 1.82) is 0 Å². The summed E-state index contributed by atoms with van der Waals surface area (Å²) >= 11 is 0. The Morgan fingerprint density at radius 3 is 2.94 bits per heavy atom. The lowest BCUT2D eigenvalue weighted by Crippen LogP contribution is -2.11. The number of rotatable bonds is 6. The maximum absolute atomic E-state index is 11.1. The van der Waals surface area contributed by atoms with Crippen molar-refractivity contribution >= 4 is 5.97 Å². The zero-order chi connectivity index (χ0) is 13.4. The zero-order valence-electron chi connectivity index (χ0n) is 10.3. The van der Waals surface area contributed by atoms with Gasteiger partial charge >= 0.3 is 5.97 Å². The van der Waals surface area contributed by atoms with Crippen molar-refractivity contribution in [3.63, 3.8) is 0 Å². The number of allylic oxidation sites excluding steroid dienone is 1. The van der Waals surface area contributed by atoms with E-state index < -0.39 is 5.97 Å². The fourth-order valence-electron chi connectivity index (χ4n) is 1.35. The van der Waals surface area contributed by atoms with E-state index in [9.17, 15) is 9.90 Å². The van der Waals surface area contributed by atoms with Gasteiger partial charge in [0.2, 0.25) is 0 Å². The average Bonchev–Trinajstić information content (AvgIpc) is 2.38. The van der Waals surface area contributed by atoms with E-state index in [-0.39, 0.29) is 12.4 Å². The predicted molar refractivity (Wildman–Crippen MR) is 67.5 cm³/mol. The molecule has 1 rings (SSSR count). The van der Waals surface area contributed by atoms with Crippen molar-refractivity contribution < 1.29 is 19.4 Å². The van der Waals surface area contributed by atoms with Crippen LogP contribution < -0.4 is 10.5 Å². The minimum atomic E-state index is -0.411. The van der Waals surface area contributed by atoms with Crippen LogP contribution in [0.2, 0.25) is 0 Å². The van der Waals surface area contributed by atoms with Crippen LogP contribution in [0.3, 0.4) is 0 Å². The fraction of sp³-hybridized carbons (Fsp3) is 0.308. The van der Waals surface area contributed by atoms with Gasteiger partial charge in [0.1, 0.15) is 6.61 Å². The van der Waals surface area contributed by atoms with E-state index >= 15 is 0 Å². The molecule has 5 heteroatoms. The summed E-state index contributed by atoms with van der Waals surface area (Å²) in [5.41, 5.74) is 6.13. The van der Waals surface area contributed by atoms with Crippen LogP contribution in [0, 0.1) is 0 Å². The van der Waals surface area contributed by atoms with Gasteiger partial charge in [0.15, 0.2) is 11.5 Å². The van der Waals surface area contributed by atoms with E-state index in [1.165, 1.54) is 13.2 Å². The van der Waals surface area contributed by atoms with Crippen LogP contribution in [0.15, 0.2) is 30.4 Å². The smallest absolute Gasteiger partial charge is 0.330 e. The predicted octanol–water partition coefficient (Wildman–Crippen LogP) is 1.00. The van der Waals surface area contributed by atoms with Gasteiger partial charge in [-0.25, -0.2) is 4.79 Å². The molecule has 0 radical (unpaired) electrons. The lowest BCUT2D eigenvalue weighted by atomic mass is 10.1. The average molecular weight is 251 g/mol. The van der Waals surface area contributed by atoms with Crippen LogP contribution >= 0.6 is 0 Å². The third-order valence-electron chi connectivity index (χ3n) is 2.21. The molecular weight excluding hydrogens is 234 g/mol. The number of carbonyl (C=O) groups excluding carboxylic acids is 1. The fourth-order valence-corrected chi connectivity index (χ4v) is 1.35. The zero-order valence-corrected chi connectivity index (χ0v) is 10.3. The number of methoxy groups -OCH3 is 1. The first-order valence-electron chi connectivity index (χ1n) is 5.56. The normalized spacial score (nSPS) is 10.6. The van der Waals surface area contributed by atoms with E-state index in [0.717, 1.165) is 5.56 Å². The highest BCUT2D eigenvalue weighted by Gasteiger charge is 2.01. The number of benzene rings is 1. The molecule has 0 aliphatic carbocycles. The highest BCUT2D eigenvalue weighted by Crippen LogP contribution is 2.26. The Hall–Kier alpha value is -2.01. The van der Waals surface area contributed by atoms with Crippen LogP contribution in [0.25, 0.3) is 0 Å². The van der Waals surface area contributed by atoms with Crippen molar-refractivity contribution in [1.82, 2.24) is 0 Å².